The van der Waals surface area contributed by atoms with Crippen LogP contribution in [0.5, 0.6) is 0 Å². The average molecular weight is 260 g/mol. The fourth-order valence-electron chi connectivity index (χ4n) is 1.62. The van der Waals surface area contributed by atoms with Crippen LogP contribution in [0.3, 0.4) is 0 Å². The highest BCUT2D eigenvalue weighted by molar-refractivity contribution is 7.98. The van der Waals surface area contributed by atoms with E-state index >= 15 is 0 Å². The van der Waals surface area contributed by atoms with Crippen molar-refractivity contribution in [3.63, 3.8) is 0 Å². The predicted octanol–water partition coefficient (Wildman–Crippen LogP) is 3.09. The van der Waals surface area contributed by atoms with Gasteiger partial charge in [-0.05, 0) is 30.4 Å². The molecule has 0 spiro atoms. The van der Waals surface area contributed by atoms with Gasteiger partial charge in [-0.15, -0.1) is 0 Å². The van der Waals surface area contributed by atoms with E-state index in [1.54, 1.807) is 6.07 Å². The third-order valence-corrected chi connectivity index (χ3v) is 3.06. The molecule has 1 heterocycles. The Hall–Kier alpha value is -1.75. The van der Waals surface area contributed by atoms with E-state index in [4.69, 9.17) is 5.73 Å². The maximum absolute atomic E-state index is 5.74. The summed E-state index contributed by atoms with van der Waals surface area (Å²) in [6.45, 7) is 2.13. The number of aryl methyl sites for hydroxylation is 1. The SMILES string of the molecule is CCc1cccc(Nc2cc(N)nc(SC)n2)c1. The maximum Gasteiger partial charge on any atom is 0.191 e. The summed E-state index contributed by atoms with van der Waals surface area (Å²) in [5.41, 5.74) is 8.04. The zero-order chi connectivity index (χ0) is 13.0. The lowest BCUT2D eigenvalue weighted by Crippen LogP contribution is -2.00. The van der Waals surface area contributed by atoms with Crippen LogP contribution in [0.4, 0.5) is 17.3 Å². The Bertz CT molecular complexity index is 542. The van der Waals surface area contributed by atoms with Crippen LogP contribution in [0, 0.1) is 0 Å². The van der Waals surface area contributed by atoms with E-state index < -0.39 is 0 Å². The average Bonchev–Trinajstić information content (AvgIpc) is 2.38. The van der Waals surface area contributed by atoms with E-state index in [0.29, 0.717) is 11.0 Å². The fourth-order valence-corrected chi connectivity index (χ4v) is 2.00. The Morgan fingerprint density at radius 2 is 2.11 bits per heavy atom. The fraction of sp³-hybridized carbons (Fsp3) is 0.231. The monoisotopic (exact) mass is 260 g/mol. The van der Waals surface area contributed by atoms with Crippen molar-refractivity contribution in [1.29, 1.82) is 0 Å². The molecule has 0 fully saturated rings. The number of benzene rings is 1. The second kappa shape index (κ2) is 5.73. The van der Waals surface area contributed by atoms with Gasteiger partial charge in [0.15, 0.2) is 5.16 Å². The lowest BCUT2D eigenvalue weighted by atomic mass is 10.1. The first-order valence-corrected chi connectivity index (χ1v) is 6.98. The molecule has 0 saturated heterocycles. The molecule has 0 radical (unpaired) electrons. The topological polar surface area (TPSA) is 63.8 Å². The van der Waals surface area contributed by atoms with E-state index in [1.807, 2.05) is 18.4 Å². The molecule has 0 aliphatic rings. The summed E-state index contributed by atoms with van der Waals surface area (Å²) >= 11 is 1.47. The van der Waals surface area contributed by atoms with Crippen molar-refractivity contribution < 1.29 is 0 Å². The summed E-state index contributed by atoms with van der Waals surface area (Å²) in [6.07, 6.45) is 2.94. The predicted molar refractivity (Wildman–Crippen MR) is 77.3 cm³/mol. The van der Waals surface area contributed by atoms with Crippen molar-refractivity contribution in [2.75, 3.05) is 17.3 Å². The Balaban J connectivity index is 2.24. The van der Waals surface area contributed by atoms with Crippen LogP contribution < -0.4 is 11.1 Å². The van der Waals surface area contributed by atoms with Gasteiger partial charge in [0.1, 0.15) is 11.6 Å². The van der Waals surface area contributed by atoms with Crippen molar-refractivity contribution in [2.24, 2.45) is 0 Å². The molecule has 2 aromatic rings. The van der Waals surface area contributed by atoms with Crippen molar-refractivity contribution in [1.82, 2.24) is 9.97 Å². The molecule has 0 amide bonds. The minimum absolute atomic E-state index is 0.475. The molecule has 0 bridgehead atoms. The highest BCUT2D eigenvalue weighted by Gasteiger charge is 2.02. The maximum atomic E-state index is 5.74. The van der Waals surface area contributed by atoms with Gasteiger partial charge in [0.25, 0.3) is 0 Å². The number of anilines is 3. The molecular formula is C13H16N4S. The number of hydrogen-bond acceptors (Lipinski definition) is 5. The van der Waals surface area contributed by atoms with Crippen LogP contribution in [0.15, 0.2) is 35.5 Å². The number of nitrogens with two attached hydrogens (primary N) is 1. The van der Waals surface area contributed by atoms with Gasteiger partial charge in [0.05, 0.1) is 0 Å². The first-order chi connectivity index (χ1) is 8.71. The molecule has 3 N–H and O–H groups in total. The molecule has 0 aliphatic heterocycles. The van der Waals surface area contributed by atoms with Gasteiger partial charge in [-0.2, -0.15) is 0 Å². The molecule has 2 rings (SSSR count). The molecule has 1 aromatic heterocycles. The standard InChI is InChI=1S/C13H16N4S/c1-3-9-5-4-6-10(7-9)15-12-8-11(14)16-13(17-12)18-2/h4-8H,3H2,1-2H3,(H3,14,15,16,17). The van der Waals surface area contributed by atoms with Gasteiger partial charge < -0.3 is 11.1 Å². The Morgan fingerprint density at radius 3 is 2.83 bits per heavy atom. The lowest BCUT2D eigenvalue weighted by Gasteiger charge is -2.08. The van der Waals surface area contributed by atoms with Gasteiger partial charge in [0, 0.05) is 11.8 Å². The molecule has 0 saturated carbocycles. The second-order valence-corrected chi connectivity index (χ2v) is 4.62. The first kappa shape index (κ1) is 12.7. The number of aromatic nitrogens is 2. The molecule has 18 heavy (non-hydrogen) atoms. The zero-order valence-corrected chi connectivity index (χ0v) is 11.3. The molecule has 1 aromatic carbocycles. The second-order valence-electron chi connectivity index (χ2n) is 3.84. The number of rotatable bonds is 4. The van der Waals surface area contributed by atoms with Gasteiger partial charge in [-0.1, -0.05) is 30.8 Å². The molecule has 0 aliphatic carbocycles. The summed E-state index contributed by atoms with van der Waals surface area (Å²) in [4.78, 5) is 8.48. The number of hydrogen-bond donors (Lipinski definition) is 2. The van der Waals surface area contributed by atoms with E-state index in [1.165, 1.54) is 17.3 Å². The van der Waals surface area contributed by atoms with Crippen molar-refractivity contribution in [3.8, 4) is 0 Å². The van der Waals surface area contributed by atoms with E-state index in [0.717, 1.165) is 17.9 Å². The number of nitrogens with zero attached hydrogens (tertiary/aromatic N) is 2. The van der Waals surface area contributed by atoms with E-state index in [9.17, 15) is 0 Å². The minimum Gasteiger partial charge on any atom is -0.383 e. The Morgan fingerprint density at radius 1 is 1.28 bits per heavy atom. The van der Waals surface area contributed by atoms with Crippen LogP contribution in [0.2, 0.25) is 0 Å². The normalized spacial score (nSPS) is 10.3. The summed E-state index contributed by atoms with van der Waals surface area (Å²) < 4.78 is 0. The number of thioether (sulfide) groups is 1. The van der Waals surface area contributed by atoms with Gasteiger partial charge >= 0.3 is 0 Å². The summed E-state index contributed by atoms with van der Waals surface area (Å²) in [6, 6.07) is 9.99. The van der Waals surface area contributed by atoms with Gasteiger partial charge in [-0.25, -0.2) is 9.97 Å². The van der Waals surface area contributed by atoms with Crippen LogP contribution in [0.1, 0.15) is 12.5 Å². The summed E-state index contributed by atoms with van der Waals surface area (Å²) in [5.74, 6) is 1.20. The molecule has 94 valence electrons. The van der Waals surface area contributed by atoms with Crippen molar-refractivity contribution in [3.05, 3.63) is 35.9 Å². The minimum atomic E-state index is 0.475. The molecule has 0 unspecified atom stereocenters. The Labute approximate surface area is 111 Å². The molecule has 5 heteroatoms. The largest absolute Gasteiger partial charge is 0.383 e. The van der Waals surface area contributed by atoms with Crippen LogP contribution >= 0.6 is 11.8 Å². The van der Waals surface area contributed by atoms with Crippen LogP contribution in [-0.4, -0.2) is 16.2 Å². The van der Waals surface area contributed by atoms with Crippen molar-refractivity contribution >= 4 is 29.1 Å². The first-order valence-electron chi connectivity index (χ1n) is 5.75. The highest BCUT2D eigenvalue weighted by atomic mass is 32.2. The molecular weight excluding hydrogens is 244 g/mol. The van der Waals surface area contributed by atoms with E-state index in [-0.39, 0.29) is 0 Å². The number of nitrogen functional groups attached to an aromatic ring is 1. The third-order valence-electron chi connectivity index (χ3n) is 2.52. The third kappa shape index (κ3) is 3.13. The Kier molecular flexibility index (Phi) is 4.04. The molecule has 0 atom stereocenters. The van der Waals surface area contributed by atoms with E-state index in [2.05, 4.69) is 34.3 Å². The quantitative estimate of drug-likeness (QED) is 0.653. The smallest absolute Gasteiger partial charge is 0.191 e. The van der Waals surface area contributed by atoms with Crippen LogP contribution in [0.25, 0.3) is 0 Å². The summed E-state index contributed by atoms with van der Waals surface area (Å²) in [7, 11) is 0. The van der Waals surface area contributed by atoms with Gasteiger partial charge in [0.2, 0.25) is 0 Å². The molecule has 4 nitrogen and oxygen atoms in total. The van der Waals surface area contributed by atoms with Gasteiger partial charge in [-0.3, -0.25) is 0 Å². The van der Waals surface area contributed by atoms with Crippen molar-refractivity contribution in [2.45, 2.75) is 18.5 Å². The summed E-state index contributed by atoms with van der Waals surface area (Å²) in [5, 5.41) is 3.92. The lowest BCUT2D eigenvalue weighted by molar-refractivity contribution is 0.984. The zero-order valence-electron chi connectivity index (χ0n) is 10.5. The van der Waals surface area contributed by atoms with Crippen LogP contribution in [-0.2, 0) is 6.42 Å². The number of nitrogens with one attached hydrogen (secondary N) is 1. The highest BCUT2D eigenvalue weighted by Crippen LogP contribution is 2.20.